The Labute approximate surface area is 158 Å². The summed E-state index contributed by atoms with van der Waals surface area (Å²) in [5.74, 6) is 1.43. The molecular weight excluding hydrogens is 374 g/mol. The van der Waals surface area contributed by atoms with E-state index in [1.54, 1.807) is 7.11 Å². The molecule has 2 aromatic carbocycles. The zero-order valence-electron chi connectivity index (χ0n) is 14.8. The summed E-state index contributed by atoms with van der Waals surface area (Å²) in [6.45, 7) is 4.48. The second-order valence-corrected chi connectivity index (χ2v) is 7.47. The molecule has 1 aromatic heterocycles. The highest BCUT2D eigenvalue weighted by molar-refractivity contribution is 9.10. The van der Waals surface area contributed by atoms with Gasteiger partial charge in [-0.25, -0.2) is 4.98 Å². The first-order valence-corrected chi connectivity index (χ1v) is 9.26. The van der Waals surface area contributed by atoms with Crippen LogP contribution in [-0.4, -0.2) is 12.1 Å². The molecule has 0 aliphatic rings. The molecule has 0 spiro atoms. The molecule has 0 fully saturated rings. The topological polar surface area (TPSA) is 22.1 Å². The molecule has 0 bridgehead atoms. The van der Waals surface area contributed by atoms with Crippen LogP contribution in [0.5, 0.6) is 5.75 Å². The number of hydrogen-bond donors (Lipinski definition) is 0. The van der Waals surface area contributed by atoms with E-state index in [4.69, 9.17) is 9.72 Å². The van der Waals surface area contributed by atoms with Crippen LogP contribution in [0.2, 0.25) is 0 Å². The lowest BCUT2D eigenvalue weighted by molar-refractivity contribution is 0.416. The summed E-state index contributed by atoms with van der Waals surface area (Å²) in [5.41, 5.74) is 5.36. The molecule has 0 saturated carbocycles. The van der Waals surface area contributed by atoms with E-state index in [2.05, 4.69) is 60.1 Å². The average molecular weight is 396 g/mol. The molecule has 0 unspecified atom stereocenters. The van der Waals surface area contributed by atoms with Gasteiger partial charge in [-0.3, -0.25) is 0 Å². The average Bonchev–Trinajstić information content (AvgIpc) is 2.61. The fourth-order valence-corrected chi connectivity index (χ4v) is 3.37. The van der Waals surface area contributed by atoms with Crippen molar-refractivity contribution in [2.45, 2.75) is 20.3 Å². The van der Waals surface area contributed by atoms with Gasteiger partial charge in [-0.15, -0.1) is 0 Å². The van der Waals surface area contributed by atoms with E-state index >= 15 is 0 Å². The third-order valence-corrected chi connectivity index (χ3v) is 4.53. The van der Waals surface area contributed by atoms with E-state index in [0.717, 1.165) is 39.2 Å². The number of halogens is 1. The molecule has 0 aliphatic carbocycles. The van der Waals surface area contributed by atoms with E-state index in [9.17, 15) is 0 Å². The van der Waals surface area contributed by atoms with Crippen molar-refractivity contribution in [2.24, 2.45) is 5.92 Å². The summed E-state index contributed by atoms with van der Waals surface area (Å²) in [6.07, 6.45) is 1.02. The molecule has 128 valence electrons. The lowest BCUT2D eigenvalue weighted by atomic mass is 9.98. The third-order valence-electron chi connectivity index (χ3n) is 4.03. The zero-order valence-corrected chi connectivity index (χ0v) is 16.4. The molecule has 0 atom stereocenters. The number of ether oxygens (including phenoxy) is 1. The predicted octanol–water partition coefficient (Wildman–Crippen LogP) is 6.39. The first-order chi connectivity index (χ1) is 12.1. The molecule has 25 heavy (non-hydrogen) atoms. The molecule has 3 heteroatoms. The van der Waals surface area contributed by atoms with Crippen LogP contribution in [0, 0.1) is 5.92 Å². The molecule has 3 aromatic rings. The van der Waals surface area contributed by atoms with Crippen molar-refractivity contribution < 1.29 is 4.74 Å². The maximum Gasteiger partial charge on any atom is 0.128 e. The van der Waals surface area contributed by atoms with Crippen LogP contribution in [0.4, 0.5) is 0 Å². The van der Waals surface area contributed by atoms with Crippen molar-refractivity contribution in [3.8, 4) is 28.3 Å². The second kappa shape index (κ2) is 7.83. The van der Waals surface area contributed by atoms with Crippen LogP contribution in [-0.2, 0) is 6.42 Å². The van der Waals surface area contributed by atoms with Gasteiger partial charge in [0, 0.05) is 15.6 Å². The van der Waals surface area contributed by atoms with E-state index in [1.165, 1.54) is 5.56 Å². The number of hydrogen-bond acceptors (Lipinski definition) is 2. The number of aromatic nitrogens is 1. The summed E-state index contributed by atoms with van der Waals surface area (Å²) in [7, 11) is 1.70. The first-order valence-electron chi connectivity index (χ1n) is 8.47. The monoisotopic (exact) mass is 395 g/mol. The number of para-hydroxylation sites is 1. The first kappa shape index (κ1) is 17.7. The van der Waals surface area contributed by atoms with Crippen molar-refractivity contribution in [2.75, 3.05) is 7.11 Å². The van der Waals surface area contributed by atoms with Crippen LogP contribution in [0.15, 0.2) is 65.1 Å². The van der Waals surface area contributed by atoms with Crippen molar-refractivity contribution in [1.29, 1.82) is 0 Å². The highest BCUT2D eigenvalue weighted by atomic mass is 79.9. The zero-order chi connectivity index (χ0) is 17.8. The number of rotatable bonds is 5. The summed E-state index contributed by atoms with van der Waals surface area (Å²) in [6, 6.07) is 20.7. The number of pyridine rings is 1. The van der Waals surface area contributed by atoms with Crippen LogP contribution in [0.3, 0.4) is 0 Å². The van der Waals surface area contributed by atoms with Gasteiger partial charge >= 0.3 is 0 Å². The molecule has 0 N–H and O–H groups in total. The number of nitrogens with zero attached hydrogens (tertiary/aromatic N) is 1. The number of benzene rings is 2. The molecule has 2 nitrogen and oxygen atoms in total. The van der Waals surface area contributed by atoms with Crippen molar-refractivity contribution >= 4 is 15.9 Å². The maximum atomic E-state index is 5.54. The van der Waals surface area contributed by atoms with Crippen molar-refractivity contribution in [3.05, 3.63) is 70.7 Å². The minimum absolute atomic E-state index is 0.586. The fraction of sp³-hybridized carbons (Fsp3) is 0.227. The Morgan fingerprint density at radius 2 is 1.72 bits per heavy atom. The van der Waals surface area contributed by atoms with E-state index < -0.39 is 0 Å². The molecular formula is C22H22BrNO. The van der Waals surface area contributed by atoms with Crippen molar-refractivity contribution in [1.82, 2.24) is 4.98 Å². The molecule has 0 radical (unpaired) electrons. The van der Waals surface area contributed by atoms with Crippen LogP contribution in [0.25, 0.3) is 22.5 Å². The lowest BCUT2D eigenvalue weighted by Gasteiger charge is -2.13. The van der Waals surface area contributed by atoms with Gasteiger partial charge in [-0.05, 0) is 54.3 Å². The van der Waals surface area contributed by atoms with E-state index in [1.807, 2.05) is 30.3 Å². The molecule has 0 amide bonds. The van der Waals surface area contributed by atoms with Gasteiger partial charge in [0.15, 0.2) is 0 Å². The smallest absolute Gasteiger partial charge is 0.128 e. The fourth-order valence-electron chi connectivity index (χ4n) is 2.97. The van der Waals surface area contributed by atoms with Gasteiger partial charge in [0.25, 0.3) is 0 Å². The molecule has 1 heterocycles. The minimum Gasteiger partial charge on any atom is -0.496 e. The Kier molecular flexibility index (Phi) is 5.54. The van der Waals surface area contributed by atoms with Crippen LogP contribution in [0.1, 0.15) is 19.4 Å². The predicted molar refractivity (Wildman–Crippen MR) is 108 cm³/mol. The van der Waals surface area contributed by atoms with Gasteiger partial charge in [-0.2, -0.15) is 0 Å². The minimum atomic E-state index is 0.586. The van der Waals surface area contributed by atoms with Crippen molar-refractivity contribution in [3.63, 3.8) is 0 Å². The van der Waals surface area contributed by atoms with Gasteiger partial charge < -0.3 is 4.74 Å². The summed E-state index contributed by atoms with van der Waals surface area (Å²) < 4.78 is 6.59. The van der Waals surface area contributed by atoms with Crippen LogP contribution >= 0.6 is 15.9 Å². The summed E-state index contributed by atoms with van der Waals surface area (Å²) in [5, 5.41) is 0. The SMILES string of the molecule is COc1ccccc1-c1cc(CC(C)C)cc(-c2cccc(Br)c2)n1. The Balaban J connectivity index is 2.16. The Hall–Kier alpha value is -2.13. The molecule has 3 rings (SSSR count). The largest absolute Gasteiger partial charge is 0.496 e. The summed E-state index contributed by atoms with van der Waals surface area (Å²) in [4.78, 5) is 4.93. The highest BCUT2D eigenvalue weighted by Crippen LogP contribution is 2.32. The molecule has 0 saturated heterocycles. The van der Waals surface area contributed by atoms with E-state index in [0.29, 0.717) is 5.92 Å². The quantitative estimate of drug-likeness (QED) is 0.499. The van der Waals surface area contributed by atoms with Gasteiger partial charge in [0.1, 0.15) is 5.75 Å². The van der Waals surface area contributed by atoms with Gasteiger partial charge in [0.2, 0.25) is 0 Å². The lowest BCUT2D eigenvalue weighted by Crippen LogP contribution is -1.98. The summed E-state index contributed by atoms with van der Waals surface area (Å²) >= 11 is 3.56. The van der Waals surface area contributed by atoms with Crippen LogP contribution < -0.4 is 4.74 Å². The second-order valence-electron chi connectivity index (χ2n) is 6.55. The Morgan fingerprint density at radius 3 is 2.44 bits per heavy atom. The normalized spacial score (nSPS) is 10.9. The maximum absolute atomic E-state index is 5.54. The molecule has 0 aliphatic heterocycles. The number of methoxy groups -OCH3 is 1. The van der Waals surface area contributed by atoms with Gasteiger partial charge in [-0.1, -0.05) is 54.0 Å². The van der Waals surface area contributed by atoms with E-state index in [-0.39, 0.29) is 0 Å². The highest BCUT2D eigenvalue weighted by Gasteiger charge is 2.12. The Morgan fingerprint density at radius 1 is 0.960 bits per heavy atom. The third kappa shape index (κ3) is 4.29. The standard InChI is InChI=1S/C22H22BrNO/c1-15(2)11-16-12-20(17-7-6-8-18(23)14-17)24-21(13-16)19-9-4-5-10-22(19)25-3/h4-10,12-15H,11H2,1-3H3. The van der Waals surface area contributed by atoms with Gasteiger partial charge in [0.05, 0.1) is 18.5 Å². The Bertz CT molecular complexity index is 873.